The van der Waals surface area contributed by atoms with Crippen LogP contribution in [0, 0.1) is 5.92 Å². The molecule has 1 aromatic carbocycles. The molecule has 0 spiro atoms. The van der Waals surface area contributed by atoms with Gasteiger partial charge >= 0.3 is 0 Å². The Balaban J connectivity index is 2.80. The van der Waals surface area contributed by atoms with Crippen molar-refractivity contribution in [1.82, 2.24) is 5.32 Å². The third kappa shape index (κ3) is 4.91. The Morgan fingerprint density at radius 3 is 2.39 bits per heavy atom. The highest BCUT2D eigenvalue weighted by atomic mass is 16.1. The molecule has 0 aliphatic carbocycles. The fourth-order valence-corrected chi connectivity index (χ4v) is 2.54. The van der Waals surface area contributed by atoms with Gasteiger partial charge in [-0.15, -0.1) is 0 Å². The molecule has 0 aromatic heterocycles. The first kappa shape index (κ1) is 14.7. The average molecular weight is 247 g/mol. The first-order valence-electron chi connectivity index (χ1n) is 6.80. The molecule has 1 aromatic rings. The molecule has 0 fully saturated rings. The monoisotopic (exact) mass is 247 g/mol. The number of rotatable bonds is 6. The van der Waals surface area contributed by atoms with E-state index in [1.54, 1.807) is 0 Å². The van der Waals surface area contributed by atoms with Crippen molar-refractivity contribution in [2.45, 2.75) is 52.5 Å². The first-order chi connectivity index (χ1) is 8.45. The van der Waals surface area contributed by atoms with Crippen molar-refractivity contribution in [1.29, 1.82) is 0 Å². The predicted octanol–water partition coefficient (Wildman–Crippen LogP) is 3.56. The van der Waals surface area contributed by atoms with E-state index in [1.165, 1.54) is 5.56 Å². The Morgan fingerprint density at radius 1 is 1.28 bits per heavy atom. The number of carbonyl (C=O) groups is 1. The van der Waals surface area contributed by atoms with Crippen LogP contribution in [0.25, 0.3) is 0 Å². The molecule has 100 valence electrons. The van der Waals surface area contributed by atoms with Crippen molar-refractivity contribution < 1.29 is 4.79 Å². The van der Waals surface area contributed by atoms with Crippen LogP contribution >= 0.6 is 0 Å². The Bertz CT molecular complexity index is 372. The minimum atomic E-state index is -0.150. The summed E-state index contributed by atoms with van der Waals surface area (Å²) >= 11 is 0. The Kier molecular flexibility index (Phi) is 5.39. The predicted molar refractivity (Wildman–Crippen MR) is 76.4 cm³/mol. The summed E-state index contributed by atoms with van der Waals surface area (Å²) < 4.78 is 0. The molecule has 1 N–H and O–H groups in total. The van der Waals surface area contributed by atoms with Gasteiger partial charge in [0.25, 0.3) is 0 Å². The van der Waals surface area contributed by atoms with E-state index < -0.39 is 0 Å². The highest BCUT2D eigenvalue weighted by molar-refractivity contribution is 5.76. The second kappa shape index (κ2) is 6.58. The lowest BCUT2D eigenvalue weighted by Crippen LogP contribution is -2.48. The SMILES string of the molecule is CCC(=O)NC(C)(Cc1ccccc1)CC(C)C. The van der Waals surface area contributed by atoms with Crippen LogP contribution in [0.1, 0.15) is 46.1 Å². The van der Waals surface area contributed by atoms with Gasteiger partial charge in [0.1, 0.15) is 0 Å². The van der Waals surface area contributed by atoms with Crippen LogP contribution in [0.3, 0.4) is 0 Å². The summed E-state index contributed by atoms with van der Waals surface area (Å²) in [7, 11) is 0. The standard InChI is InChI=1S/C16H25NO/c1-5-15(18)17-16(4,11-13(2)3)12-14-9-7-6-8-10-14/h6-10,13H,5,11-12H2,1-4H3,(H,17,18). The van der Waals surface area contributed by atoms with Gasteiger partial charge in [0.15, 0.2) is 0 Å². The van der Waals surface area contributed by atoms with Crippen LogP contribution in [-0.2, 0) is 11.2 Å². The normalized spacial score (nSPS) is 14.3. The molecule has 1 amide bonds. The van der Waals surface area contributed by atoms with Gasteiger partial charge in [0.05, 0.1) is 0 Å². The Hall–Kier alpha value is -1.31. The van der Waals surface area contributed by atoms with E-state index in [0.717, 1.165) is 12.8 Å². The van der Waals surface area contributed by atoms with Crippen molar-refractivity contribution in [3.63, 3.8) is 0 Å². The van der Waals surface area contributed by atoms with Crippen LogP contribution in [0.2, 0.25) is 0 Å². The zero-order valence-electron chi connectivity index (χ0n) is 12.0. The van der Waals surface area contributed by atoms with Gasteiger partial charge < -0.3 is 5.32 Å². The smallest absolute Gasteiger partial charge is 0.220 e. The van der Waals surface area contributed by atoms with E-state index >= 15 is 0 Å². The molecule has 2 heteroatoms. The van der Waals surface area contributed by atoms with Gasteiger partial charge in [-0.05, 0) is 31.2 Å². The van der Waals surface area contributed by atoms with Crippen molar-refractivity contribution in [3.05, 3.63) is 35.9 Å². The molecule has 0 aliphatic rings. The maximum atomic E-state index is 11.7. The van der Waals surface area contributed by atoms with Crippen molar-refractivity contribution in [2.24, 2.45) is 5.92 Å². The number of amides is 1. The highest BCUT2D eigenvalue weighted by Crippen LogP contribution is 2.22. The molecule has 0 saturated heterocycles. The number of carbonyl (C=O) groups excluding carboxylic acids is 1. The zero-order valence-corrected chi connectivity index (χ0v) is 12.0. The summed E-state index contributed by atoms with van der Waals surface area (Å²) in [5.41, 5.74) is 1.12. The summed E-state index contributed by atoms with van der Waals surface area (Å²) in [4.78, 5) is 11.7. The molecule has 0 heterocycles. The van der Waals surface area contributed by atoms with Crippen LogP contribution in [0.4, 0.5) is 0 Å². The molecule has 1 unspecified atom stereocenters. The van der Waals surface area contributed by atoms with Crippen LogP contribution in [0.5, 0.6) is 0 Å². The quantitative estimate of drug-likeness (QED) is 0.818. The fourth-order valence-electron chi connectivity index (χ4n) is 2.54. The first-order valence-corrected chi connectivity index (χ1v) is 6.80. The van der Waals surface area contributed by atoms with E-state index in [0.29, 0.717) is 12.3 Å². The lowest BCUT2D eigenvalue weighted by atomic mass is 9.84. The van der Waals surface area contributed by atoms with Gasteiger partial charge in [-0.2, -0.15) is 0 Å². The number of hydrogen-bond donors (Lipinski definition) is 1. The minimum Gasteiger partial charge on any atom is -0.351 e. The zero-order chi connectivity index (χ0) is 13.6. The summed E-state index contributed by atoms with van der Waals surface area (Å²) in [5.74, 6) is 0.699. The number of benzene rings is 1. The van der Waals surface area contributed by atoms with E-state index in [-0.39, 0.29) is 11.4 Å². The van der Waals surface area contributed by atoms with E-state index in [1.807, 2.05) is 25.1 Å². The molecule has 0 saturated carbocycles. The van der Waals surface area contributed by atoms with Crippen molar-refractivity contribution in [2.75, 3.05) is 0 Å². The molecule has 0 bridgehead atoms. The largest absolute Gasteiger partial charge is 0.351 e. The molecule has 1 atom stereocenters. The van der Waals surface area contributed by atoms with Crippen LogP contribution in [-0.4, -0.2) is 11.4 Å². The number of nitrogens with one attached hydrogen (secondary N) is 1. The Labute approximate surface area is 111 Å². The molecule has 0 aliphatic heterocycles. The number of hydrogen-bond acceptors (Lipinski definition) is 1. The van der Waals surface area contributed by atoms with Gasteiger partial charge in [0, 0.05) is 12.0 Å². The van der Waals surface area contributed by atoms with E-state index in [4.69, 9.17) is 0 Å². The van der Waals surface area contributed by atoms with E-state index in [9.17, 15) is 4.79 Å². The minimum absolute atomic E-state index is 0.133. The maximum Gasteiger partial charge on any atom is 0.220 e. The second-order valence-corrected chi connectivity index (χ2v) is 5.72. The Morgan fingerprint density at radius 2 is 1.89 bits per heavy atom. The van der Waals surface area contributed by atoms with Crippen molar-refractivity contribution >= 4 is 5.91 Å². The molecular formula is C16H25NO. The van der Waals surface area contributed by atoms with Crippen LogP contribution < -0.4 is 5.32 Å². The van der Waals surface area contributed by atoms with Crippen molar-refractivity contribution in [3.8, 4) is 0 Å². The third-order valence-corrected chi connectivity index (χ3v) is 3.06. The van der Waals surface area contributed by atoms with E-state index in [2.05, 4.69) is 38.2 Å². The molecule has 1 rings (SSSR count). The molecule has 2 nitrogen and oxygen atoms in total. The highest BCUT2D eigenvalue weighted by Gasteiger charge is 2.27. The maximum absolute atomic E-state index is 11.7. The summed E-state index contributed by atoms with van der Waals surface area (Å²) in [6, 6.07) is 10.4. The molecule has 18 heavy (non-hydrogen) atoms. The topological polar surface area (TPSA) is 29.1 Å². The lowest BCUT2D eigenvalue weighted by molar-refractivity contribution is -0.122. The van der Waals surface area contributed by atoms with Gasteiger partial charge in [0.2, 0.25) is 5.91 Å². The molecule has 0 radical (unpaired) electrons. The molecular weight excluding hydrogens is 222 g/mol. The van der Waals surface area contributed by atoms with Gasteiger partial charge in [-0.25, -0.2) is 0 Å². The second-order valence-electron chi connectivity index (χ2n) is 5.72. The lowest BCUT2D eigenvalue weighted by Gasteiger charge is -2.33. The average Bonchev–Trinajstić information content (AvgIpc) is 2.28. The van der Waals surface area contributed by atoms with Gasteiger partial charge in [-0.3, -0.25) is 4.79 Å². The van der Waals surface area contributed by atoms with Gasteiger partial charge in [-0.1, -0.05) is 51.1 Å². The summed E-state index contributed by atoms with van der Waals surface area (Å²) in [6.07, 6.45) is 2.42. The third-order valence-electron chi connectivity index (χ3n) is 3.06. The van der Waals surface area contributed by atoms with Crippen LogP contribution in [0.15, 0.2) is 30.3 Å². The summed E-state index contributed by atoms with van der Waals surface area (Å²) in [5, 5.41) is 3.18. The fraction of sp³-hybridized carbons (Fsp3) is 0.562. The summed E-state index contributed by atoms with van der Waals surface area (Å²) in [6.45, 7) is 8.43.